The highest BCUT2D eigenvalue weighted by molar-refractivity contribution is 6.31. The summed E-state index contributed by atoms with van der Waals surface area (Å²) in [6.45, 7) is 4.87. The molecule has 0 fully saturated rings. The maximum absolute atomic E-state index is 7.54. The Hall–Kier alpha value is -2.01. The second-order valence-corrected chi connectivity index (χ2v) is 4.74. The van der Waals surface area contributed by atoms with Crippen LogP contribution in [0.1, 0.15) is 23.9 Å². The summed E-state index contributed by atoms with van der Waals surface area (Å²) in [5.41, 5.74) is 7.71. The van der Waals surface area contributed by atoms with Crippen LogP contribution in [0.15, 0.2) is 24.3 Å². The molecule has 0 aliphatic rings. The largest absolute Gasteiger partial charge is 0.486 e. The second-order valence-electron chi connectivity index (χ2n) is 4.36. The molecule has 0 aliphatic heterocycles. The van der Waals surface area contributed by atoms with Crippen molar-refractivity contribution in [2.75, 3.05) is 0 Å². The van der Waals surface area contributed by atoms with Crippen molar-refractivity contribution in [3.8, 4) is 5.75 Å². The number of hydrogen-bond donors (Lipinski definition) is 2. The van der Waals surface area contributed by atoms with Crippen molar-refractivity contribution in [1.82, 2.24) is 9.78 Å². The normalized spacial score (nSPS) is 10.6. The maximum Gasteiger partial charge on any atom is 0.131 e. The zero-order valence-corrected chi connectivity index (χ0v) is 12.2. The van der Waals surface area contributed by atoms with Crippen LogP contribution < -0.4 is 10.5 Å². The van der Waals surface area contributed by atoms with E-state index in [1.54, 1.807) is 12.1 Å². The molecule has 6 heteroatoms. The Labute approximate surface area is 122 Å². The van der Waals surface area contributed by atoms with E-state index < -0.39 is 0 Å². The minimum atomic E-state index is -0.0214. The molecule has 1 heterocycles. The molecule has 1 aromatic heterocycles. The van der Waals surface area contributed by atoms with Crippen LogP contribution in [0.4, 0.5) is 0 Å². The third-order valence-corrected chi connectivity index (χ3v) is 3.49. The highest BCUT2D eigenvalue weighted by atomic mass is 35.5. The lowest BCUT2D eigenvalue weighted by atomic mass is 10.2. The van der Waals surface area contributed by atoms with E-state index in [4.69, 9.17) is 27.5 Å². The summed E-state index contributed by atoms with van der Waals surface area (Å²) in [5, 5.41) is 12.5. The van der Waals surface area contributed by atoms with Crippen LogP contribution in [0.5, 0.6) is 5.75 Å². The first-order valence-corrected chi connectivity index (χ1v) is 6.70. The number of amidine groups is 1. The smallest absolute Gasteiger partial charge is 0.131 e. The Balaban J connectivity index is 2.23. The fourth-order valence-electron chi connectivity index (χ4n) is 1.97. The highest BCUT2D eigenvalue weighted by Gasteiger charge is 2.14. The van der Waals surface area contributed by atoms with Crippen LogP contribution in [0.2, 0.25) is 5.02 Å². The van der Waals surface area contributed by atoms with E-state index in [-0.39, 0.29) is 12.4 Å². The van der Waals surface area contributed by atoms with Gasteiger partial charge in [0.25, 0.3) is 0 Å². The average molecular weight is 293 g/mol. The van der Waals surface area contributed by atoms with Crippen molar-refractivity contribution in [2.24, 2.45) is 5.73 Å². The molecule has 0 spiro atoms. The number of nitrogens with zero attached hydrogens (tertiary/aromatic N) is 2. The second kappa shape index (κ2) is 5.96. The van der Waals surface area contributed by atoms with Crippen molar-refractivity contribution in [2.45, 2.75) is 27.0 Å². The molecule has 1 aromatic carbocycles. The molecule has 2 aromatic rings. The number of nitrogens with two attached hydrogens (primary N) is 1. The van der Waals surface area contributed by atoms with Crippen molar-refractivity contribution in [3.05, 3.63) is 46.2 Å². The van der Waals surface area contributed by atoms with Crippen LogP contribution in [-0.4, -0.2) is 15.6 Å². The van der Waals surface area contributed by atoms with Crippen LogP contribution in [0.3, 0.4) is 0 Å². The Morgan fingerprint density at radius 1 is 1.45 bits per heavy atom. The quantitative estimate of drug-likeness (QED) is 0.657. The molecule has 0 saturated carbocycles. The van der Waals surface area contributed by atoms with Gasteiger partial charge in [0, 0.05) is 6.54 Å². The molecule has 5 nitrogen and oxygen atoms in total. The first-order chi connectivity index (χ1) is 9.54. The molecule has 0 atom stereocenters. The lowest BCUT2D eigenvalue weighted by Crippen LogP contribution is -2.14. The molecular weight excluding hydrogens is 276 g/mol. The van der Waals surface area contributed by atoms with Crippen molar-refractivity contribution in [1.29, 1.82) is 5.41 Å². The summed E-state index contributed by atoms with van der Waals surface area (Å²) in [5.74, 6) is 0.546. The Morgan fingerprint density at radius 2 is 2.15 bits per heavy atom. The predicted octanol–water partition coefficient (Wildman–Crippen LogP) is 2.73. The molecule has 0 radical (unpaired) electrons. The van der Waals surface area contributed by atoms with Gasteiger partial charge in [-0.3, -0.25) is 10.1 Å². The van der Waals surface area contributed by atoms with Gasteiger partial charge in [-0.1, -0.05) is 23.7 Å². The van der Waals surface area contributed by atoms with Crippen LogP contribution in [0, 0.1) is 12.3 Å². The fourth-order valence-corrected chi connectivity index (χ4v) is 2.16. The molecule has 0 unspecified atom stereocenters. The number of benzene rings is 1. The van der Waals surface area contributed by atoms with Crippen LogP contribution in [0.25, 0.3) is 0 Å². The van der Waals surface area contributed by atoms with E-state index >= 15 is 0 Å². The molecular formula is C14H17ClN4O. The van der Waals surface area contributed by atoms with Crippen molar-refractivity contribution in [3.63, 3.8) is 0 Å². The molecule has 106 valence electrons. The van der Waals surface area contributed by atoms with Crippen LogP contribution >= 0.6 is 11.6 Å². The van der Waals surface area contributed by atoms with E-state index in [0.29, 0.717) is 16.3 Å². The zero-order chi connectivity index (χ0) is 14.7. The molecule has 2 rings (SSSR count). The maximum atomic E-state index is 7.54. The van der Waals surface area contributed by atoms with E-state index in [2.05, 4.69) is 5.10 Å². The Bertz CT molecular complexity index is 636. The summed E-state index contributed by atoms with van der Waals surface area (Å²) in [6, 6.07) is 7.19. The van der Waals surface area contributed by atoms with E-state index in [1.807, 2.05) is 30.7 Å². The van der Waals surface area contributed by atoms with Gasteiger partial charge >= 0.3 is 0 Å². The third kappa shape index (κ3) is 2.77. The summed E-state index contributed by atoms with van der Waals surface area (Å²) < 4.78 is 7.57. The van der Waals surface area contributed by atoms with Crippen molar-refractivity contribution < 1.29 is 4.74 Å². The predicted molar refractivity (Wildman–Crippen MR) is 79.4 cm³/mol. The molecule has 3 N–H and O–H groups in total. The SMILES string of the molecule is CCn1nc(C)c(Cl)c1COc1ccccc1C(=N)N. The summed E-state index contributed by atoms with van der Waals surface area (Å²) >= 11 is 6.23. The standard InChI is InChI=1S/C14H17ClN4O/c1-3-19-11(13(15)9(2)18-19)8-20-12-7-5-4-6-10(12)14(16)17/h4-7H,3,8H2,1-2H3,(H3,16,17). The third-order valence-electron chi connectivity index (χ3n) is 2.99. The topological polar surface area (TPSA) is 76.9 Å². The van der Waals surface area contributed by atoms with Gasteiger partial charge in [0.2, 0.25) is 0 Å². The van der Waals surface area contributed by atoms with E-state index in [9.17, 15) is 0 Å². The van der Waals surface area contributed by atoms with Crippen LogP contribution in [-0.2, 0) is 13.2 Å². The highest BCUT2D eigenvalue weighted by Crippen LogP contribution is 2.24. The number of nitrogens with one attached hydrogen (secondary N) is 1. The zero-order valence-electron chi connectivity index (χ0n) is 11.5. The Morgan fingerprint density at radius 3 is 2.80 bits per heavy atom. The number of aryl methyl sites for hydroxylation is 2. The van der Waals surface area contributed by atoms with Gasteiger partial charge in [0.1, 0.15) is 18.2 Å². The number of nitrogen functional groups attached to an aromatic ring is 1. The number of aromatic nitrogens is 2. The lowest BCUT2D eigenvalue weighted by molar-refractivity contribution is 0.292. The van der Waals surface area contributed by atoms with Gasteiger partial charge in [0.05, 0.1) is 22.0 Å². The molecule has 20 heavy (non-hydrogen) atoms. The van der Waals surface area contributed by atoms with Gasteiger partial charge in [-0.25, -0.2) is 0 Å². The summed E-state index contributed by atoms with van der Waals surface area (Å²) in [6.07, 6.45) is 0. The molecule has 0 aliphatic carbocycles. The number of rotatable bonds is 5. The Kier molecular flexibility index (Phi) is 4.29. The summed E-state index contributed by atoms with van der Waals surface area (Å²) in [4.78, 5) is 0. The number of ether oxygens (including phenoxy) is 1. The van der Waals surface area contributed by atoms with Crippen molar-refractivity contribution >= 4 is 17.4 Å². The minimum Gasteiger partial charge on any atom is -0.486 e. The average Bonchev–Trinajstić information content (AvgIpc) is 2.72. The van der Waals surface area contributed by atoms with Gasteiger partial charge in [-0.2, -0.15) is 5.10 Å². The van der Waals surface area contributed by atoms with Gasteiger partial charge in [-0.05, 0) is 26.0 Å². The molecule has 0 bridgehead atoms. The lowest BCUT2D eigenvalue weighted by Gasteiger charge is -2.11. The van der Waals surface area contributed by atoms with Gasteiger partial charge in [-0.15, -0.1) is 0 Å². The first kappa shape index (κ1) is 14.4. The van der Waals surface area contributed by atoms with Gasteiger partial charge < -0.3 is 10.5 Å². The minimum absolute atomic E-state index is 0.0214. The number of halogens is 1. The number of hydrogen-bond acceptors (Lipinski definition) is 3. The summed E-state index contributed by atoms with van der Waals surface area (Å²) in [7, 11) is 0. The monoisotopic (exact) mass is 292 g/mol. The van der Waals surface area contributed by atoms with E-state index in [1.165, 1.54) is 0 Å². The number of para-hydroxylation sites is 1. The molecule has 0 amide bonds. The van der Waals surface area contributed by atoms with Gasteiger partial charge in [0.15, 0.2) is 0 Å². The molecule has 0 saturated heterocycles. The van der Waals surface area contributed by atoms with E-state index in [0.717, 1.165) is 17.9 Å². The fraction of sp³-hybridized carbons (Fsp3) is 0.286. The first-order valence-electron chi connectivity index (χ1n) is 6.32.